The van der Waals surface area contributed by atoms with E-state index in [1.807, 2.05) is 30.3 Å². The summed E-state index contributed by atoms with van der Waals surface area (Å²) in [5.74, 6) is 1.59. The zero-order valence-corrected chi connectivity index (χ0v) is 17.2. The third-order valence-electron chi connectivity index (χ3n) is 4.84. The summed E-state index contributed by atoms with van der Waals surface area (Å²) in [6.45, 7) is 0.503. The fourth-order valence-electron chi connectivity index (χ4n) is 3.22. The summed E-state index contributed by atoms with van der Waals surface area (Å²) in [4.78, 5) is 25.2. The number of halogens is 1. The van der Waals surface area contributed by atoms with Crippen molar-refractivity contribution < 1.29 is 9.53 Å². The number of ether oxygens (including phenoxy) is 1. The Morgan fingerprint density at radius 3 is 2.70 bits per heavy atom. The predicted molar refractivity (Wildman–Crippen MR) is 115 cm³/mol. The van der Waals surface area contributed by atoms with Gasteiger partial charge in [-0.2, -0.15) is 5.10 Å². The van der Waals surface area contributed by atoms with Crippen LogP contribution in [0, 0.1) is 0 Å². The van der Waals surface area contributed by atoms with Crippen LogP contribution in [0.25, 0.3) is 5.69 Å². The first-order chi connectivity index (χ1) is 14.6. The summed E-state index contributed by atoms with van der Waals surface area (Å²) in [7, 11) is 1.51. The number of anilines is 1. The maximum Gasteiger partial charge on any atom is 0.350 e. The number of amides is 2. The van der Waals surface area contributed by atoms with Crippen LogP contribution in [0.5, 0.6) is 5.75 Å². The second kappa shape index (κ2) is 8.62. The van der Waals surface area contributed by atoms with Crippen LogP contribution in [0.4, 0.5) is 10.5 Å². The minimum absolute atomic E-state index is 0.207. The van der Waals surface area contributed by atoms with Gasteiger partial charge in [0.05, 0.1) is 25.0 Å². The van der Waals surface area contributed by atoms with Gasteiger partial charge in [-0.1, -0.05) is 29.8 Å². The summed E-state index contributed by atoms with van der Waals surface area (Å²) in [5.41, 5.74) is 1.06. The molecule has 1 heterocycles. The first-order valence-electron chi connectivity index (χ1n) is 9.70. The van der Waals surface area contributed by atoms with E-state index < -0.39 is 6.03 Å². The van der Waals surface area contributed by atoms with E-state index in [-0.39, 0.29) is 18.8 Å². The van der Waals surface area contributed by atoms with E-state index in [2.05, 4.69) is 15.7 Å². The van der Waals surface area contributed by atoms with Gasteiger partial charge in [-0.15, -0.1) is 0 Å². The van der Waals surface area contributed by atoms with Crippen molar-refractivity contribution in [1.29, 1.82) is 0 Å². The second-order valence-corrected chi connectivity index (χ2v) is 7.47. The Balaban J connectivity index is 1.43. The van der Waals surface area contributed by atoms with E-state index in [0.29, 0.717) is 22.4 Å². The van der Waals surface area contributed by atoms with Gasteiger partial charge >= 0.3 is 11.7 Å². The average Bonchev–Trinajstić information content (AvgIpc) is 3.53. The lowest BCUT2D eigenvalue weighted by Gasteiger charge is -2.11. The molecule has 1 aliphatic carbocycles. The van der Waals surface area contributed by atoms with Crippen molar-refractivity contribution in [3.8, 4) is 11.4 Å². The molecule has 0 atom stereocenters. The lowest BCUT2D eigenvalue weighted by atomic mass is 10.3. The molecule has 30 heavy (non-hydrogen) atoms. The molecule has 0 unspecified atom stereocenters. The standard InChI is InChI=1S/C21H22ClN5O3/c1-30-18-10-9-15(22)13-17(18)24-20(28)23-11-12-26-21(29)27(16-5-3-2-4-6-16)19(25-26)14-7-8-14/h2-6,9-10,13-14H,7-8,11-12H2,1H3,(H2,23,24,28). The predicted octanol–water partition coefficient (Wildman–Crippen LogP) is 3.40. The Kier molecular flexibility index (Phi) is 5.76. The van der Waals surface area contributed by atoms with Gasteiger partial charge in [0.2, 0.25) is 0 Å². The molecule has 8 nitrogen and oxygen atoms in total. The van der Waals surface area contributed by atoms with Crippen LogP contribution >= 0.6 is 11.6 Å². The van der Waals surface area contributed by atoms with Gasteiger partial charge in [0.15, 0.2) is 0 Å². The van der Waals surface area contributed by atoms with Crippen LogP contribution in [-0.2, 0) is 6.54 Å². The summed E-state index contributed by atoms with van der Waals surface area (Å²) >= 11 is 5.98. The van der Waals surface area contributed by atoms with Crippen molar-refractivity contribution in [3.05, 3.63) is 69.9 Å². The molecule has 1 saturated carbocycles. The number of benzene rings is 2. The lowest BCUT2D eigenvalue weighted by molar-refractivity contribution is 0.251. The van der Waals surface area contributed by atoms with E-state index in [1.165, 1.54) is 11.8 Å². The highest BCUT2D eigenvalue weighted by Gasteiger charge is 2.31. The van der Waals surface area contributed by atoms with Crippen molar-refractivity contribution >= 4 is 23.3 Å². The molecule has 1 aromatic heterocycles. The van der Waals surface area contributed by atoms with Gasteiger partial charge < -0.3 is 15.4 Å². The number of nitrogens with one attached hydrogen (secondary N) is 2. The molecule has 0 aliphatic heterocycles. The Labute approximate surface area is 178 Å². The molecule has 1 fully saturated rings. The number of para-hydroxylation sites is 1. The summed E-state index contributed by atoms with van der Waals surface area (Å²) in [6.07, 6.45) is 2.07. The van der Waals surface area contributed by atoms with Crippen LogP contribution < -0.4 is 21.1 Å². The molecule has 3 aromatic rings. The monoisotopic (exact) mass is 427 g/mol. The third kappa shape index (κ3) is 4.33. The normalized spacial score (nSPS) is 13.1. The zero-order chi connectivity index (χ0) is 21.1. The highest BCUT2D eigenvalue weighted by atomic mass is 35.5. The number of methoxy groups -OCH3 is 1. The van der Waals surface area contributed by atoms with Gasteiger partial charge in [0, 0.05) is 17.5 Å². The van der Waals surface area contributed by atoms with E-state index in [0.717, 1.165) is 24.4 Å². The van der Waals surface area contributed by atoms with Gasteiger partial charge in [-0.3, -0.25) is 0 Å². The maximum absolute atomic E-state index is 12.9. The summed E-state index contributed by atoms with van der Waals surface area (Å²) in [6, 6.07) is 14.0. The van der Waals surface area contributed by atoms with E-state index in [4.69, 9.17) is 16.3 Å². The third-order valence-corrected chi connectivity index (χ3v) is 5.08. The topological polar surface area (TPSA) is 90.2 Å². The van der Waals surface area contributed by atoms with E-state index >= 15 is 0 Å². The van der Waals surface area contributed by atoms with Crippen LogP contribution in [0.15, 0.2) is 53.3 Å². The second-order valence-electron chi connectivity index (χ2n) is 7.03. The zero-order valence-electron chi connectivity index (χ0n) is 16.5. The summed E-state index contributed by atoms with van der Waals surface area (Å²) < 4.78 is 8.28. The first kappa shape index (κ1) is 20.0. The molecule has 2 N–H and O–H groups in total. The van der Waals surface area contributed by atoms with Crippen LogP contribution in [0.1, 0.15) is 24.6 Å². The van der Waals surface area contributed by atoms with Gasteiger partial charge in [0.25, 0.3) is 0 Å². The molecule has 2 amide bonds. The number of aromatic nitrogens is 3. The molecule has 0 spiro atoms. The molecule has 2 aromatic carbocycles. The smallest absolute Gasteiger partial charge is 0.350 e. The highest BCUT2D eigenvalue weighted by Crippen LogP contribution is 2.39. The van der Waals surface area contributed by atoms with Gasteiger partial charge in [-0.05, 0) is 43.2 Å². The Hall–Kier alpha value is -3.26. The molecule has 0 saturated heterocycles. The Bertz CT molecular complexity index is 1110. The summed E-state index contributed by atoms with van der Waals surface area (Å²) in [5, 5.41) is 10.4. The minimum atomic E-state index is -0.423. The SMILES string of the molecule is COc1ccc(Cl)cc1NC(=O)NCCn1nc(C2CC2)n(-c2ccccc2)c1=O. The first-order valence-corrected chi connectivity index (χ1v) is 10.1. The van der Waals surface area contributed by atoms with Crippen molar-refractivity contribution in [1.82, 2.24) is 19.7 Å². The molecule has 1 aliphatic rings. The van der Waals surface area contributed by atoms with Crippen LogP contribution in [0.2, 0.25) is 5.02 Å². The van der Waals surface area contributed by atoms with Gasteiger partial charge in [0.1, 0.15) is 11.6 Å². The van der Waals surface area contributed by atoms with Crippen molar-refractivity contribution in [2.24, 2.45) is 0 Å². The van der Waals surface area contributed by atoms with E-state index in [9.17, 15) is 9.59 Å². The van der Waals surface area contributed by atoms with Crippen molar-refractivity contribution in [2.75, 3.05) is 19.0 Å². The van der Waals surface area contributed by atoms with E-state index in [1.54, 1.807) is 22.8 Å². The maximum atomic E-state index is 12.9. The van der Waals surface area contributed by atoms with Gasteiger partial charge in [-0.25, -0.2) is 18.8 Å². The molecule has 156 valence electrons. The molecule has 9 heteroatoms. The van der Waals surface area contributed by atoms with Crippen LogP contribution in [-0.4, -0.2) is 34.0 Å². The number of hydrogen-bond donors (Lipinski definition) is 2. The molecule has 0 bridgehead atoms. The number of hydrogen-bond acceptors (Lipinski definition) is 4. The largest absolute Gasteiger partial charge is 0.495 e. The Morgan fingerprint density at radius 1 is 1.23 bits per heavy atom. The van der Waals surface area contributed by atoms with Crippen molar-refractivity contribution in [2.45, 2.75) is 25.3 Å². The number of rotatable bonds is 7. The van der Waals surface area contributed by atoms with Crippen LogP contribution in [0.3, 0.4) is 0 Å². The minimum Gasteiger partial charge on any atom is -0.495 e. The number of carbonyl (C=O) groups is 1. The molecule has 4 rings (SSSR count). The quantitative estimate of drug-likeness (QED) is 0.604. The fourth-order valence-corrected chi connectivity index (χ4v) is 3.39. The number of carbonyl (C=O) groups excluding carboxylic acids is 1. The fraction of sp³-hybridized carbons (Fsp3) is 0.286. The average molecular weight is 428 g/mol. The van der Waals surface area contributed by atoms with Crippen molar-refractivity contribution in [3.63, 3.8) is 0 Å². The lowest BCUT2D eigenvalue weighted by Crippen LogP contribution is -2.34. The Morgan fingerprint density at radius 2 is 2.00 bits per heavy atom. The number of nitrogens with zero attached hydrogens (tertiary/aromatic N) is 3. The number of urea groups is 1. The molecular formula is C21H22ClN5O3. The molecular weight excluding hydrogens is 406 g/mol. The highest BCUT2D eigenvalue weighted by molar-refractivity contribution is 6.31. The molecule has 0 radical (unpaired) electrons.